The second kappa shape index (κ2) is 6.18. The minimum absolute atomic E-state index is 0.121. The Kier molecular flexibility index (Phi) is 3.96. The predicted molar refractivity (Wildman–Crippen MR) is 103 cm³/mol. The Hall–Kier alpha value is -2.79. The van der Waals surface area contributed by atoms with E-state index in [1.165, 1.54) is 7.11 Å². The maximum atomic E-state index is 12.8. The van der Waals surface area contributed by atoms with Gasteiger partial charge >= 0.3 is 0 Å². The average molecular weight is 369 g/mol. The number of ether oxygens (including phenoxy) is 1. The number of halogens is 1. The van der Waals surface area contributed by atoms with Crippen molar-refractivity contribution in [3.05, 3.63) is 69.0 Å². The molecule has 1 aliphatic rings. The Morgan fingerprint density at radius 1 is 1.31 bits per heavy atom. The van der Waals surface area contributed by atoms with Crippen LogP contribution in [-0.4, -0.2) is 17.6 Å². The molecule has 0 spiro atoms. The molecule has 1 atom stereocenters. The molecule has 132 valence electrons. The molecule has 0 aliphatic carbocycles. The van der Waals surface area contributed by atoms with Crippen LogP contribution in [0.5, 0.6) is 5.75 Å². The molecule has 1 amide bonds. The first-order valence-electron chi connectivity index (χ1n) is 8.31. The monoisotopic (exact) mass is 368 g/mol. The van der Waals surface area contributed by atoms with Crippen LogP contribution >= 0.6 is 11.6 Å². The van der Waals surface area contributed by atoms with Crippen LogP contribution in [0.25, 0.3) is 10.9 Å². The number of aromatic nitrogens is 1. The fourth-order valence-electron chi connectivity index (χ4n) is 3.52. The van der Waals surface area contributed by atoms with Gasteiger partial charge in [0.25, 0.3) is 5.91 Å². The van der Waals surface area contributed by atoms with E-state index < -0.39 is 5.91 Å². The van der Waals surface area contributed by atoms with Gasteiger partial charge in [0, 0.05) is 23.3 Å². The van der Waals surface area contributed by atoms with Gasteiger partial charge < -0.3 is 14.6 Å². The van der Waals surface area contributed by atoms with Crippen LogP contribution in [0.1, 0.15) is 28.9 Å². The van der Waals surface area contributed by atoms with E-state index in [2.05, 4.69) is 12.2 Å². The first kappa shape index (κ1) is 16.7. The molecule has 0 saturated heterocycles. The predicted octanol–water partition coefficient (Wildman–Crippen LogP) is 4.03. The maximum absolute atomic E-state index is 12.8. The number of amides is 1. The molecule has 0 unspecified atom stereocenters. The maximum Gasteiger partial charge on any atom is 0.261 e. The summed E-state index contributed by atoms with van der Waals surface area (Å²) in [5.74, 6) is 0.0661. The highest BCUT2D eigenvalue weighted by molar-refractivity contribution is 6.32. The van der Waals surface area contributed by atoms with Gasteiger partial charge in [-0.15, -0.1) is 0 Å². The van der Waals surface area contributed by atoms with E-state index in [-0.39, 0.29) is 17.0 Å². The SMILES string of the molecule is COc1ccc(NC(=O)c2cn3c4c(cccc4c2=O)C[C@H]3C)cc1Cl. The molecule has 0 bridgehead atoms. The first-order chi connectivity index (χ1) is 12.5. The van der Waals surface area contributed by atoms with Gasteiger partial charge in [0.15, 0.2) is 0 Å². The number of nitrogens with zero attached hydrogens (tertiary/aromatic N) is 1. The molecule has 1 aromatic heterocycles. The number of carbonyl (C=O) groups excluding carboxylic acids is 1. The average Bonchev–Trinajstić information content (AvgIpc) is 2.94. The fraction of sp³-hybridized carbons (Fsp3) is 0.200. The molecule has 1 N–H and O–H groups in total. The highest BCUT2D eigenvalue weighted by Gasteiger charge is 2.24. The van der Waals surface area contributed by atoms with Crippen molar-refractivity contribution in [2.45, 2.75) is 19.4 Å². The number of nitrogens with one attached hydrogen (secondary N) is 1. The molecule has 2 aromatic carbocycles. The number of anilines is 1. The summed E-state index contributed by atoms with van der Waals surface area (Å²) in [4.78, 5) is 25.6. The van der Waals surface area contributed by atoms with Crippen molar-refractivity contribution in [3.63, 3.8) is 0 Å². The van der Waals surface area contributed by atoms with Crippen molar-refractivity contribution in [1.29, 1.82) is 0 Å². The lowest BCUT2D eigenvalue weighted by molar-refractivity contribution is 0.102. The molecule has 0 fully saturated rings. The molecular formula is C20H17ClN2O3. The summed E-state index contributed by atoms with van der Waals surface area (Å²) in [6.07, 6.45) is 2.52. The zero-order valence-corrected chi connectivity index (χ0v) is 15.1. The van der Waals surface area contributed by atoms with Crippen molar-refractivity contribution in [1.82, 2.24) is 4.57 Å². The van der Waals surface area contributed by atoms with E-state index in [9.17, 15) is 9.59 Å². The number of hydrogen-bond donors (Lipinski definition) is 1. The molecule has 4 rings (SSSR count). The zero-order valence-electron chi connectivity index (χ0n) is 14.4. The van der Waals surface area contributed by atoms with Gasteiger partial charge in [0.2, 0.25) is 5.43 Å². The number of para-hydroxylation sites is 1. The van der Waals surface area contributed by atoms with Gasteiger partial charge in [-0.25, -0.2) is 0 Å². The van der Waals surface area contributed by atoms with Gasteiger partial charge in [-0.2, -0.15) is 0 Å². The lowest BCUT2D eigenvalue weighted by atomic mass is 10.1. The van der Waals surface area contributed by atoms with E-state index in [1.54, 1.807) is 30.5 Å². The Morgan fingerprint density at radius 2 is 2.12 bits per heavy atom. The number of rotatable bonds is 3. The van der Waals surface area contributed by atoms with Crippen molar-refractivity contribution in [3.8, 4) is 5.75 Å². The van der Waals surface area contributed by atoms with E-state index in [0.29, 0.717) is 21.8 Å². The quantitative estimate of drug-likeness (QED) is 0.759. The van der Waals surface area contributed by atoms with Gasteiger partial charge in [-0.05, 0) is 43.2 Å². The number of pyridine rings is 1. The van der Waals surface area contributed by atoms with Crippen molar-refractivity contribution in [2.75, 3.05) is 12.4 Å². The van der Waals surface area contributed by atoms with Crippen molar-refractivity contribution >= 4 is 34.1 Å². The molecule has 0 radical (unpaired) electrons. The van der Waals surface area contributed by atoms with Crippen LogP contribution in [-0.2, 0) is 6.42 Å². The normalized spacial score (nSPS) is 15.3. The Morgan fingerprint density at radius 3 is 2.85 bits per heavy atom. The molecule has 6 heteroatoms. The van der Waals surface area contributed by atoms with Crippen molar-refractivity contribution < 1.29 is 9.53 Å². The van der Waals surface area contributed by atoms with Crippen LogP contribution in [0, 0.1) is 0 Å². The van der Waals surface area contributed by atoms with Crippen LogP contribution < -0.4 is 15.5 Å². The number of methoxy groups -OCH3 is 1. The summed E-state index contributed by atoms with van der Waals surface area (Å²) < 4.78 is 7.12. The molecule has 26 heavy (non-hydrogen) atoms. The third kappa shape index (κ3) is 2.56. The van der Waals surface area contributed by atoms with E-state index in [0.717, 1.165) is 17.5 Å². The largest absolute Gasteiger partial charge is 0.495 e. The van der Waals surface area contributed by atoms with Crippen LogP contribution in [0.4, 0.5) is 5.69 Å². The molecular weight excluding hydrogens is 352 g/mol. The van der Waals surface area contributed by atoms with E-state index >= 15 is 0 Å². The van der Waals surface area contributed by atoms with Gasteiger partial charge in [-0.1, -0.05) is 23.7 Å². The smallest absolute Gasteiger partial charge is 0.261 e. The fourth-order valence-corrected chi connectivity index (χ4v) is 3.78. The lowest BCUT2D eigenvalue weighted by Crippen LogP contribution is -2.23. The van der Waals surface area contributed by atoms with Gasteiger partial charge in [-0.3, -0.25) is 9.59 Å². The van der Waals surface area contributed by atoms with Crippen molar-refractivity contribution in [2.24, 2.45) is 0 Å². The molecule has 3 aromatic rings. The third-order valence-corrected chi connectivity index (χ3v) is 5.08. The Bertz CT molecular complexity index is 1100. The topological polar surface area (TPSA) is 60.3 Å². The summed E-state index contributed by atoms with van der Waals surface area (Å²) in [6.45, 7) is 2.08. The van der Waals surface area contributed by atoms with E-state index in [1.807, 2.05) is 16.7 Å². The summed E-state index contributed by atoms with van der Waals surface area (Å²) in [5.41, 5.74) is 2.43. The lowest BCUT2D eigenvalue weighted by Gasteiger charge is -2.13. The number of hydrogen-bond acceptors (Lipinski definition) is 3. The summed E-state index contributed by atoms with van der Waals surface area (Å²) in [7, 11) is 1.52. The summed E-state index contributed by atoms with van der Waals surface area (Å²) >= 11 is 6.10. The Labute approximate surface area is 155 Å². The second-order valence-corrected chi connectivity index (χ2v) is 6.86. The molecule has 0 saturated carbocycles. The minimum Gasteiger partial charge on any atom is -0.495 e. The first-order valence-corrected chi connectivity index (χ1v) is 8.69. The molecule has 2 heterocycles. The molecule has 1 aliphatic heterocycles. The Balaban J connectivity index is 1.76. The second-order valence-electron chi connectivity index (χ2n) is 6.45. The molecule has 5 nitrogen and oxygen atoms in total. The van der Waals surface area contributed by atoms with Crippen LogP contribution in [0.2, 0.25) is 5.02 Å². The summed E-state index contributed by atoms with van der Waals surface area (Å²) in [5, 5.41) is 3.71. The van der Waals surface area contributed by atoms with Gasteiger partial charge in [0.1, 0.15) is 11.3 Å². The number of carbonyl (C=O) groups is 1. The highest BCUT2D eigenvalue weighted by Crippen LogP contribution is 2.31. The van der Waals surface area contributed by atoms with Crippen LogP contribution in [0.15, 0.2) is 47.4 Å². The number of benzene rings is 2. The van der Waals surface area contributed by atoms with Crippen LogP contribution in [0.3, 0.4) is 0 Å². The minimum atomic E-state index is -0.452. The standard InChI is InChI=1S/C20H17ClN2O3/c1-11-8-12-4-3-5-14-18(12)23(11)10-15(19(14)24)20(25)22-13-6-7-17(26-2)16(21)9-13/h3-7,9-11H,8H2,1-2H3,(H,22,25)/t11-/m1/s1. The summed E-state index contributed by atoms with van der Waals surface area (Å²) in [6, 6.07) is 10.8. The van der Waals surface area contributed by atoms with E-state index in [4.69, 9.17) is 16.3 Å². The highest BCUT2D eigenvalue weighted by atomic mass is 35.5. The zero-order chi connectivity index (χ0) is 18.4. The van der Waals surface area contributed by atoms with Gasteiger partial charge in [0.05, 0.1) is 17.6 Å². The third-order valence-electron chi connectivity index (χ3n) is 4.78.